The molecule has 0 atom stereocenters. The third-order valence-corrected chi connectivity index (χ3v) is 3.66. The van der Waals surface area contributed by atoms with Crippen molar-refractivity contribution in [2.24, 2.45) is 0 Å². The van der Waals surface area contributed by atoms with Gasteiger partial charge >= 0.3 is 5.97 Å². The standard InChI is InChI=1S/C16H14N2O3/c19-15(14-13(16(20)21)6-3-8-17-14)18-9-7-11-4-1-2-5-12(11)10-18/h1-6,8H,7,9-10H2,(H,20,21). The quantitative estimate of drug-likeness (QED) is 0.914. The summed E-state index contributed by atoms with van der Waals surface area (Å²) in [6.45, 7) is 1.07. The molecule has 2 aromatic rings. The summed E-state index contributed by atoms with van der Waals surface area (Å²) in [7, 11) is 0. The van der Waals surface area contributed by atoms with Crippen LogP contribution in [0.5, 0.6) is 0 Å². The third-order valence-electron chi connectivity index (χ3n) is 3.66. The lowest BCUT2D eigenvalue weighted by Gasteiger charge is -2.28. The average Bonchev–Trinajstić information content (AvgIpc) is 2.53. The number of fused-ring (bicyclic) bond motifs is 1. The number of hydrogen-bond acceptors (Lipinski definition) is 3. The Morgan fingerprint density at radius 2 is 1.86 bits per heavy atom. The molecule has 0 fully saturated rings. The van der Waals surface area contributed by atoms with Gasteiger partial charge in [-0.15, -0.1) is 0 Å². The molecule has 1 N–H and O–H groups in total. The molecule has 1 aliphatic heterocycles. The van der Waals surface area contributed by atoms with E-state index >= 15 is 0 Å². The van der Waals surface area contributed by atoms with Crippen LogP contribution in [-0.2, 0) is 13.0 Å². The normalized spacial score (nSPS) is 13.6. The Hall–Kier alpha value is -2.69. The number of carbonyl (C=O) groups excluding carboxylic acids is 1. The summed E-state index contributed by atoms with van der Waals surface area (Å²) in [5.74, 6) is -1.47. The van der Waals surface area contributed by atoms with Crippen LogP contribution >= 0.6 is 0 Å². The van der Waals surface area contributed by atoms with Crippen molar-refractivity contribution in [2.45, 2.75) is 13.0 Å². The van der Waals surface area contributed by atoms with Crippen molar-refractivity contribution >= 4 is 11.9 Å². The molecule has 3 rings (SSSR count). The van der Waals surface area contributed by atoms with Crippen molar-refractivity contribution in [3.05, 3.63) is 65.0 Å². The maximum absolute atomic E-state index is 12.5. The Balaban J connectivity index is 1.89. The summed E-state index contributed by atoms with van der Waals surface area (Å²) in [6.07, 6.45) is 2.22. The van der Waals surface area contributed by atoms with E-state index in [1.165, 1.54) is 23.9 Å². The number of aromatic carboxylic acids is 1. The highest BCUT2D eigenvalue weighted by atomic mass is 16.4. The average molecular weight is 282 g/mol. The molecule has 5 nitrogen and oxygen atoms in total. The van der Waals surface area contributed by atoms with Gasteiger partial charge in [0.15, 0.2) is 0 Å². The van der Waals surface area contributed by atoms with Gasteiger partial charge in [0.2, 0.25) is 0 Å². The van der Waals surface area contributed by atoms with Gasteiger partial charge in [0.25, 0.3) is 5.91 Å². The summed E-state index contributed by atoms with van der Waals surface area (Å²) in [6, 6.07) is 10.9. The zero-order chi connectivity index (χ0) is 14.8. The van der Waals surface area contributed by atoms with Gasteiger partial charge in [-0.2, -0.15) is 0 Å². The minimum absolute atomic E-state index is 0.00406. The second-order valence-electron chi connectivity index (χ2n) is 4.95. The molecule has 5 heteroatoms. The van der Waals surface area contributed by atoms with E-state index in [-0.39, 0.29) is 17.2 Å². The molecule has 1 amide bonds. The molecule has 1 aromatic carbocycles. The molecule has 0 aliphatic carbocycles. The number of pyridine rings is 1. The number of benzene rings is 1. The molecular formula is C16H14N2O3. The second kappa shape index (κ2) is 5.36. The van der Waals surface area contributed by atoms with Crippen LogP contribution in [0, 0.1) is 0 Å². The van der Waals surface area contributed by atoms with Crippen molar-refractivity contribution in [2.75, 3.05) is 6.54 Å². The van der Waals surface area contributed by atoms with Gasteiger partial charge in [-0.05, 0) is 29.7 Å². The highest BCUT2D eigenvalue weighted by molar-refractivity contribution is 6.03. The molecule has 0 saturated carbocycles. The topological polar surface area (TPSA) is 70.5 Å². The largest absolute Gasteiger partial charge is 0.478 e. The van der Waals surface area contributed by atoms with Gasteiger partial charge < -0.3 is 10.0 Å². The van der Waals surface area contributed by atoms with Gasteiger partial charge in [0, 0.05) is 19.3 Å². The Bertz CT molecular complexity index is 712. The first-order chi connectivity index (χ1) is 10.2. The van der Waals surface area contributed by atoms with Crippen LogP contribution < -0.4 is 0 Å². The van der Waals surface area contributed by atoms with Gasteiger partial charge in [0.05, 0.1) is 5.56 Å². The lowest BCUT2D eigenvalue weighted by atomic mass is 9.99. The van der Waals surface area contributed by atoms with Gasteiger partial charge in [-0.1, -0.05) is 24.3 Å². The summed E-state index contributed by atoms with van der Waals surface area (Å²) < 4.78 is 0. The van der Waals surface area contributed by atoms with E-state index in [4.69, 9.17) is 5.11 Å². The summed E-state index contributed by atoms with van der Waals surface area (Å²) in [5.41, 5.74) is 2.29. The molecule has 106 valence electrons. The first-order valence-corrected chi connectivity index (χ1v) is 6.71. The Morgan fingerprint density at radius 1 is 1.10 bits per heavy atom. The van der Waals surface area contributed by atoms with Crippen LogP contribution in [0.2, 0.25) is 0 Å². The maximum Gasteiger partial charge on any atom is 0.338 e. The SMILES string of the molecule is O=C(O)c1cccnc1C(=O)N1CCc2ccccc2C1. The lowest BCUT2D eigenvalue weighted by Crippen LogP contribution is -2.37. The molecular weight excluding hydrogens is 268 g/mol. The van der Waals surface area contributed by atoms with Gasteiger partial charge in [-0.3, -0.25) is 9.78 Å². The zero-order valence-electron chi connectivity index (χ0n) is 11.3. The summed E-state index contributed by atoms with van der Waals surface area (Å²) in [4.78, 5) is 29.3. The van der Waals surface area contributed by atoms with Crippen LogP contribution in [0.1, 0.15) is 32.0 Å². The molecule has 1 aromatic heterocycles. The fourth-order valence-electron chi connectivity index (χ4n) is 2.57. The Morgan fingerprint density at radius 3 is 2.62 bits per heavy atom. The van der Waals surface area contributed by atoms with Crippen LogP contribution in [0.25, 0.3) is 0 Å². The predicted octanol–water partition coefficient (Wildman–Crippen LogP) is 1.98. The molecule has 1 aliphatic rings. The molecule has 0 bridgehead atoms. The van der Waals surface area contributed by atoms with E-state index in [1.807, 2.05) is 18.2 Å². The van der Waals surface area contributed by atoms with Crippen molar-refractivity contribution in [3.63, 3.8) is 0 Å². The first kappa shape index (κ1) is 13.3. The van der Waals surface area contributed by atoms with Crippen LogP contribution in [-0.4, -0.2) is 33.4 Å². The smallest absolute Gasteiger partial charge is 0.338 e. The van der Waals surface area contributed by atoms with Crippen molar-refractivity contribution in [1.29, 1.82) is 0 Å². The van der Waals surface area contributed by atoms with E-state index in [2.05, 4.69) is 11.1 Å². The zero-order valence-corrected chi connectivity index (χ0v) is 11.3. The number of carboxylic acid groups (broad SMARTS) is 1. The maximum atomic E-state index is 12.5. The van der Waals surface area contributed by atoms with E-state index < -0.39 is 5.97 Å². The highest BCUT2D eigenvalue weighted by Crippen LogP contribution is 2.20. The lowest BCUT2D eigenvalue weighted by molar-refractivity contribution is 0.0666. The highest BCUT2D eigenvalue weighted by Gasteiger charge is 2.25. The molecule has 0 spiro atoms. The van der Waals surface area contributed by atoms with E-state index in [1.54, 1.807) is 4.90 Å². The van der Waals surface area contributed by atoms with E-state index in [9.17, 15) is 9.59 Å². The Kier molecular flexibility index (Phi) is 3.39. The molecule has 2 heterocycles. The number of rotatable bonds is 2. The monoisotopic (exact) mass is 282 g/mol. The summed E-state index contributed by atoms with van der Waals surface area (Å²) in [5, 5.41) is 9.16. The van der Waals surface area contributed by atoms with Crippen molar-refractivity contribution in [1.82, 2.24) is 9.88 Å². The number of amides is 1. The van der Waals surface area contributed by atoms with Crippen LogP contribution in [0.3, 0.4) is 0 Å². The minimum atomic E-state index is -1.14. The first-order valence-electron chi connectivity index (χ1n) is 6.71. The number of nitrogens with zero attached hydrogens (tertiary/aromatic N) is 2. The van der Waals surface area contributed by atoms with Gasteiger partial charge in [-0.25, -0.2) is 4.79 Å². The number of hydrogen-bond donors (Lipinski definition) is 1. The molecule has 0 unspecified atom stereocenters. The van der Waals surface area contributed by atoms with Crippen LogP contribution in [0.4, 0.5) is 0 Å². The predicted molar refractivity (Wildman–Crippen MR) is 76.1 cm³/mol. The second-order valence-corrected chi connectivity index (χ2v) is 4.95. The molecule has 0 radical (unpaired) electrons. The molecule has 21 heavy (non-hydrogen) atoms. The number of carbonyl (C=O) groups is 2. The van der Waals surface area contributed by atoms with Crippen molar-refractivity contribution in [3.8, 4) is 0 Å². The van der Waals surface area contributed by atoms with Crippen LogP contribution in [0.15, 0.2) is 42.6 Å². The fraction of sp³-hybridized carbons (Fsp3) is 0.188. The van der Waals surface area contributed by atoms with E-state index in [0.29, 0.717) is 13.1 Å². The van der Waals surface area contributed by atoms with E-state index in [0.717, 1.165) is 12.0 Å². The molecule has 0 saturated heterocycles. The fourth-order valence-corrected chi connectivity index (χ4v) is 2.57. The third kappa shape index (κ3) is 2.50. The van der Waals surface area contributed by atoms with Gasteiger partial charge in [0.1, 0.15) is 5.69 Å². The Labute approximate surface area is 121 Å². The summed E-state index contributed by atoms with van der Waals surface area (Å²) >= 11 is 0. The van der Waals surface area contributed by atoms with Crippen molar-refractivity contribution < 1.29 is 14.7 Å². The number of aromatic nitrogens is 1. The number of carboxylic acids is 1. The minimum Gasteiger partial charge on any atom is -0.478 e.